The van der Waals surface area contributed by atoms with Crippen LogP contribution < -0.4 is 10.5 Å². The van der Waals surface area contributed by atoms with E-state index in [4.69, 9.17) is 0 Å². The molecular formula is C4H11BN2. The van der Waals surface area contributed by atoms with E-state index in [0.717, 1.165) is 13.6 Å². The summed E-state index contributed by atoms with van der Waals surface area (Å²) < 4.78 is 0. The molecule has 3 heteroatoms. The molecule has 0 aromatic rings. The van der Waals surface area contributed by atoms with Crippen LogP contribution in [-0.2, 0) is 0 Å². The Balaban J connectivity index is 2.12. The van der Waals surface area contributed by atoms with Gasteiger partial charge in [0.25, 0.3) is 7.55 Å². The zero-order valence-electron chi connectivity index (χ0n) is 4.70. The third-order valence-electron chi connectivity index (χ3n) is 1.33. The van der Waals surface area contributed by atoms with Gasteiger partial charge in [0.1, 0.15) is 0 Å². The predicted octanol–water partition coefficient (Wildman–Crippen LogP) is -0.776. The molecule has 1 atom stereocenters. The first-order chi connectivity index (χ1) is 3.39. The summed E-state index contributed by atoms with van der Waals surface area (Å²) in [5.74, 6) is 0. The minimum absolute atomic E-state index is 0.723. The zero-order valence-corrected chi connectivity index (χ0v) is 4.70. The Kier molecular flexibility index (Phi) is 1.71. The Morgan fingerprint density at radius 1 is 1.71 bits per heavy atom. The molecule has 2 nitrogen and oxygen atoms in total. The Bertz CT molecular complexity index is 51.7. The molecule has 0 aliphatic carbocycles. The van der Waals surface area contributed by atoms with Crippen LogP contribution in [0.15, 0.2) is 0 Å². The van der Waals surface area contributed by atoms with E-state index in [0.29, 0.717) is 0 Å². The monoisotopic (exact) mass is 98.1 g/mol. The fourth-order valence-electron chi connectivity index (χ4n) is 0.755. The highest BCUT2D eigenvalue weighted by molar-refractivity contribution is 6.29. The van der Waals surface area contributed by atoms with Crippen LogP contribution in [0.4, 0.5) is 0 Å². The Morgan fingerprint density at radius 3 is 2.86 bits per heavy atom. The van der Waals surface area contributed by atoms with Crippen LogP contribution in [0.1, 0.15) is 13.3 Å². The quantitative estimate of drug-likeness (QED) is 0.388. The molecule has 1 aliphatic heterocycles. The second kappa shape index (κ2) is 2.33. The first kappa shape index (κ1) is 5.13. The van der Waals surface area contributed by atoms with Crippen LogP contribution in [0.3, 0.4) is 0 Å². The Labute approximate surface area is 45.0 Å². The standard InChI is InChI=1S/C4H11BN2/c1-4-2-3-6-5-7-4/h4-7H,2-3H2,1H3. The van der Waals surface area contributed by atoms with Crippen molar-refractivity contribution in [1.29, 1.82) is 0 Å². The van der Waals surface area contributed by atoms with Crippen LogP contribution in [0.2, 0.25) is 0 Å². The number of nitrogens with one attached hydrogen (secondary N) is 2. The molecule has 1 aliphatic rings. The molecule has 0 amide bonds. The average molecular weight is 98.0 g/mol. The molecule has 0 radical (unpaired) electrons. The van der Waals surface area contributed by atoms with E-state index in [-0.39, 0.29) is 0 Å². The smallest absolute Gasteiger partial charge is 0.286 e. The highest BCUT2D eigenvalue weighted by atomic mass is 15.0. The number of rotatable bonds is 0. The van der Waals surface area contributed by atoms with E-state index in [9.17, 15) is 0 Å². The van der Waals surface area contributed by atoms with E-state index in [1.165, 1.54) is 13.0 Å². The molecule has 0 aromatic heterocycles. The maximum atomic E-state index is 3.27. The summed E-state index contributed by atoms with van der Waals surface area (Å²) in [5, 5.41) is 6.47. The van der Waals surface area contributed by atoms with Gasteiger partial charge in [-0.2, -0.15) is 0 Å². The number of hydrogen-bond acceptors (Lipinski definition) is 2. The first-order valence-electron chi connectivity index (χ1n) is 2.83. The molecule has 0 spiro atoms. The second-order valence-electron chi connectivity index (χ2n) is 2.07. The van der Waals surface area contributed by atoms with Crippen molar-refractivity contribution in [3.8, 4) is 0 Å². The van der Waals surface area contributed by atoms with Gasteiger partial charge in [0.2, 0.25) is 0 Å². The van der Waals surface area contributed by atoms with Crippen molar-refractivity contribution in [3.05, 3.63) is 0 Å². The van der Waals surface area contributed by atoms with Gasteiger partial charge in [-0.05, 0) is 19.0 Å². The predicted molar refractivity (Wildman–Crippen MR) is 32.4 cm³/mol. The van der Waals surface area contributed by atoms with Gasteiger partial charge in [0.05, 0.1) is 0 Å². The molecule has 7 heavy (non-hydrogen) atoms. The van der Waals surface area contributed by atoms with Crippen molar-refractivity contribution in [2.75, 3.05) is 6.54 Å². The number of hydrogen-bond donors (Lipinski definition) is 2. The third-order valence-corrected chi connectivity index (χ3v) is 1.33. The van der Waals surface area contributed by atoms with Gasteiger partial charge in [-0.25, -0.2) is 0 Å². The van der Waals surface area contributed by atoms with E-state index >= 15 is 0 Å². The molecule has 1 unspecified atom stereocenters. The maximum Gasteiger partial charge on any atom is 0.286 e. The lowest BCUT2D eigenvalue weighted by Gasteiger charge is -2.18. The summed E-state index contributed by atoms with van der Waals surface area (Å²) in [5.41, 5.74) is 0. The van der Waals surface area contributed by atoms with Crippen LogP contribution in [-0.4, -0.2) is 20.1 Å². The maximum absolute atomic E-state index is 3.27. The lowest BCUT2D eigenvalue weighted by molar-refractivity contribution is 0.571. The molecule has 40 valence electrons. The normalized spacial score (nSPS) is 31.9. The van der Waals surface area contributed by atoms with Gasteiger partial charge in [-0.3, -0.25) is 0 Å². The van der Waals surface area contributed by atoms with Crippen molar-refractivity contribution in [1.82, 2.24) is 10.5 Å². The Morgan fingerprint density at radius 2 is 2.57 bits per heavy atom. The highest BCUT2D eigenvalue weighted by Crippen LogP contribution is 1.88. The largest absolute Gasteiger partial charge is 0.345 e. The second-order valence-corrected chi connectivity index (χ2v) is 2.07. The summed E-state index contributed by atoms with van der Waals surface area (Å²) >= 11 is 0. The molecule has 1 fully saturated rings. The Hall–Kier alpha value is -0.0151. The van der Waals surface area contributed by atoms with E-state index in [2.05, 4.69) is 17.4 Å². The van der Waals surface area contributed by atoms with Crippen LogP contribution in [0, 0.1) is 0 Å². The fourth-order valence-corrected chi connectivity index (χ4v) is 0.755. The van der Waals surface area contributed by atoms with Gasteiger partial charge in [-0.15, -0.1) is 0 Å². The van der Waals surface area contributed by atoms with Crippen LogP contribution in [0.25, 0.3) is 0 Å². The van der Waals surface area contributed by atoms with Gasteiger partial charge >= 0.3 is 0 Å². The van der Waals surface area contributed by atoms with E-state index in [1.54, 1.807) is 0 Å². The first-order valence-corrected chi connectivity index (χ1v) is 2.83. The summed E-state index contributed by atoms with van der Waals surface area (Å²) in [7, 11) is 0.987. The van der Waals surface area contributed by atoms with Crippen molar-refractivity contribution in [2.24, 2.45) is 0 Å². The molecule has 0 aromatic carbocycles. The minimum atomic E-state index is 0.723. The summed E-state index contributed by atoms with van der Waals surface area (Å²) in [6.45, 7) is 3.38. The van der Waals surface area contributed by atoms with Crippen molar-refractivity contribution < 1.29 is 0 Å². The van der Waals surface area contributed by atoms with Crippen LogP contribution >= 0.6 is 0 Å². The summed E-state index contributed by atoms with van der Waals surface area (Å²) in [4.78, 5) is 0. The SMILES string of the molecule is CC1CCNBN1. The highest BCUT2D eigenvalue weighted by Gasteiger charge is 2.05. The van der Waals surface area contributed by atoms with Crippen molar-refractivity contribution in [3.63, 3.8) is 0 Å². The fraction of sp³-hybridized carbons (Fsp3) is 1.00. The van der Waals surface area contributed by atoms with E-state index in [1.807, 2.05) is 0 Å². The topological polar surface area (TPSA) is 24.1 Å². The van der Waals surface area contributed by atoms with Gasteiger partial charge in [-0.1, -0.05) is 6.92 Å². The summed E-state index contributed by atoms with van der Waals surface area (Å²) in [6.07, 6.45) is 1.26. The molecule has 1 heterocycles. The molecule has 0 bridgehead atoms. The van der Waals surface area contributed by atoms with Gasteiger partial charge < -0.3 is 10.5 Å². The molecule has 1 saturated heterocycles. The molecular weight excluding hydrogens is 86.9 g/mol. The third kappa shape index (κ3) is 1.49. The van der Waals surface area contributed by atoms with Crippen molar-refractivity contribution in [2.45, 2.75) is 19.4 Å². The van der Waals surface area contributed by atoms with E-state index < -0.39 is 0 Å². The minimum Gasteiger partial charge on any atom is -0.345 e. The van der Waals surface area contributed by atoms with Crippen molar-refractivity contribution >= 4 is 7.55 Å². The van der Waals surface area contributed by atoms with Gasteiger partial charge in [0, 0.05) is 0 Å². The zero-order chi connectivity index (χ0) is 5.11. The summed E-state index contributed by atoms with van der Waals surface area (Å²) in [6, 6.07) is 0.723. The molecule has 2 N–H and O–H groups in total. The lowest BCUT2D eigenvalue weighted by atomic mass is 10.0. The molecule has 1 rings (SSSR count). The van der Waals surface area contributed by atoms with Crippen LogP contribution in [0.5, 0.6) is 0 Å². The average Bonchev–Trinajstić information content (AvgIpc) is 1.69. The van der Waals surface area contributed by atoms with Gasteiger partial charge in [0.15, 0.2) is 0 Å². The lowest BCUT2D eigenvalue weighted by Crippen LogP contribution is -2.46. The molecule has 0 saturated carbocycles.